The van der Waals surface area contributed by atoms with E-state index < -0.39 is 22.8 Å². The van der Waals surface area contributed by atoms with Gasteiger partial charge in [0, 0.05) is 43.2 Å². The zero-order valence-electron chi connectivity index (χ0n) is 10.6. The van der Waals surface area contributed by atoms with Gasteiger partial charge in [-0.15, -0.1) is 0 Å². The molecule has 2 aliphatic heterocycles. The summed E-state index contributed by atoms with van der Waals surface area (Å²) < 4.78 is 26.3. The highest BCUT2D eigenvalue weighted by Gasteiger charge is 2.66. The molecule has 19 heavy (non-hydrogen) atoms. The van der Waals surface area contributed by atoms with E-state index >= 15 is 0 Å². The highest BCUT2D eigenvalue weighted by molar-refractivity contribution is 5.80. The van der Waals surface area contributed by atoms with Crippen molar-refractivity contribution in [2.24, 2.45) is 5.41 Å². The largest absolute Gasteiger partial charge is 0.481 e. The zero-order chi connectivity index (χ0) is 13.9. The van der Waals surface area contributed by atoms with Gasteiger partial charge in [0.2, 0.25) is 11.8 Å². The summed E-state index contributed by atoms with van der Waals surface area (Å²) >= 11 is 0. The number of rotatable bonds is 3. The van der Waals surface area contributed by atoms with Crippen LogP contribution in [0.3, 0.4) is 0 Å². The number of alkyl halides is 2. The Morgan fingerprint density at radius 3 is 2.58 bits per heavy atom. The van der Waals surface area contributed by atoms with Gasteiger partial charge >= 0.3 is 5.97 Å². The summed E-state index contributed by atoms with van der Waals surface area (Å²) in [5, 5.41) is 8.82. The fourth-order valence-electron chi connectivity index (χ4n) is 4.37. The minimum atomic E-state index is -2.60. The average Bonchev–Trinajstić information content (AvgIpc) is 2.70. The minimum absolute atomic E-state index is 0.00233. The van der Waals surface area contributed by atoms with Crippen molar-refractivity contribution in [1.82, 2.24) is 4.90 Å². The molecule has 3 fully saturated rings. The molecule has 1 aliphatic carbocycles. The van der Waals surface area contributed by atoms with Crippen LogP contribution in [-0.2, 0) is 9.59 Å². The lowest BCUT2D eigenvalue weighted by Crippen LogP contribution is -2.48. The number of hydrogen-bond donors (Lipinski definition) is 1. The number of carbonyl (C=O) groups excluding carboxylic acids is 1. The van der Waals surface area contributed by atoms with Crippen molar-refractivity contribution in [2.45, 2.75) is 56.4 Å². The second-order valence-electron chi connectivity index (χ2n) is 6.48. The first kappa shape index (κ1) is 12.8. The third kappa shape index (κ3) is 1.92. The summed E-state index contributed by atoms with van der Waals surface area (Å²) in [6.45, 7) is 0.390. The average molecular weight is 273 g/mol. The molecule has 0 aromatic heterocycles. The molecule has 3 rings (SSSR count). The van der Waals surface area contributed by atoms with Gasteiger partial charge in [-0.05, 0) is 19.3 Å². The molecule has 0 aromatic carbocycles. The Hall–Kier alpha value is -1.20. The van der Waals surface area contributed by atoms with Crippen LogP contribution in [0, 0.1) is 5.41 Å². The highest BCUT2D eigenvalue weighted by Crippen LogP contribution is 2.63. The summed E-state index contributed by atoms with van der Waals surface area (Å²) in [5.41, 5.74) is -0.927. The van der Waals surface area contributed by atoms with Gasteiger partial charge in [-0.3, -0.25) is 9.59 Å². The number of fused-ring (bicyclic) bond motifs is 1. The molecule has 2 saturated heterocycles. The maximum absolute atomic E-state index is 13.1. The van der Waals surface area contributed by atoms with Crippen LogP contribution in [0.5, 0.6) is 0 Å². The number of carboxylic acid groups (broad SMARTS) is 1. The second kappa shape index (κ2) is 3.67. The van der Waals surface area contributed by atoms with E-state index in [2.05, 4.69) is 0 Å². The highest BCUT2D eigenvalue weighted by atomic mass is 19.3. The lowest BCUT2D eigenvalue weighted by molar-refractivity contribution is -0.159. The molecule has 0 bridgehead atoms. The van der Waals surface area contributed by atoms with Crippen LogP contribution >= 0.6 is 0 Å². The van der Waals surface area contributed by atoms with E-state index in [9.17, 15) is 18.4 Å². The van der Waals surface area contributed by atoms with E-state index in [0.717, 1.165) is 0 Å². The molecule has 1 atom stereocenters. The molecule has 0 radical (unpaired) electrons. The molecule has 3 aliphatic rings. The summed E-state index contributed by atoms with van der Waals surface area (Å²) in [6, 6.07) is 0. The lowest BCUT2D eigenvalue weighted by Gasteiger charge is -2.45. The monoisotopic (exact) mass is 273 g/mol. The van der Waals surface area contributed by atoms with E-state index in [1.165, 1.54) is 0 Å². The minimum Gasteiger partial charge on any atom is -0.481 e. The van der Waals surface area contributed by atoms with Crippen LogP contribution in [-0.4, -0.2) is 39.9 Å². The predicted octanol–water partition coefficient (Wildman–Crippen LogP) is 2.03. The summed E-state index contributed by atoms with van der Waals surface area (Å²) in [7, 11) is 0. The van der Waals surface area contributed by atoms with Gasteiger partial charge in [-0.1, -0.05) is 0 Å². The van der Waals surface area contributed by atoms with E-state index in [1.54, 1.807) is 4.90 Å². The molecular formula is C13H17F2NO3. The second-order valence-corrected chi connectivity index (χ2v) is 6.48. The number of aliphatic carboxylic acids is 1. The number of nitrogens with zero attached hydrogens (tertiary/aromatic N) is 1. The van der Waals surface area contributed by atoms with Crippen molar-refractivity contribution in [2.75, 3.05) is 6.54 Å². The Kier molecular flexibility index (Phi) is 2.48. The normalized spacial score (nSPS) is 34.4. The van der Waals surface area contributed by atoms with Crippen molar-refractivity contribution in [1.29, 1.82) is 0 Å². The number of amides is 1. The van der Waals surface area contributed by atoms with Gasteiger partial charge in [-0.2, -0.15) is 0 Å². The fraction of sp³-hybridized carbons (Fsp3) is 0.846. The Bertz CT molecular complexity index is 443. The molecule has 106 valence electrons. The Morgan fingerprint density at radius 2 is 2.00 bits per heavy atom. The molecule has 0 aromatic rings. The van der Waals surface area contributed by atoms with E-state index in [-0.39, 0.29) is 25.2 Å². The Labute approximate surface area is 109 Å². The van der Waals surface area contributed by atoms with Gasteiger partial charge in [0.25, 0.3) is 0 Å². The van der Waals surface area contributed by atoms with Gasteiger partial charge in [0.15, 0.2) is 0 Å². The molecule has 2 heterocycles. The SMILES string of the molecule is O=C(O)CCC12CCC(=O)N1CC1(CC(F)(F)C1)C2. The number of halogens is 2. The van der Waals surface area contributed by atoms with Gasteiger partial charge in [0.1, 0.15) is 0 Å². The predicted molar refractivity (Wildman–Crippen MR) is 61.8 cm³/mol. The van der Waals surface area contributed by atoms with Crippen molar-refractivity contribution in [3.63, 3.8) is 0 Å². The first-order valence-electron chi connectivity index (χ1n) is 6.66. The van der Waals surface area contributed by atoms with Crippen LogP contribution in [0.25, 0.3) is 0 Å². The van der Waals surface area contributed by atoms with Crippen molar-refractivity contribution in [3.8, 4) is 0 Å². The zero-order valence-corrected chi connectivity index (χ0v) is 10.6. The van der Waals surface area contributed by atoms with Crippen LogP contribution < -0.4 is 0 Å². The molecule has 6 heteroatoms. The Morgan fingerprint density at radius 1 is 1.32 bits per heavy atom. The first-order valence-corrected chi connectivity index (χ1v) is 6.66. The molecule has 4 nitrogen and oxygen atoms in total. The third-order valence-corrected chi connectivity index (χ3v) is 4.95. The quantitative estimate of drug-likeness (QED) is 0.856. The number of hydrogen-bond acceptors (Lipinski definition) is 2. The molecule has 1 spiro atoms. The summed E-state index contributed by atoms with van der Waals surface area (Å²) in [4.78, 5) is 24.3. The summed E-state index contributed by atoms with van der Waals surface area (Å²) in [6.07, 6.45) is 1.67. The van der Waals surface area contributed by atoms with Gasteiger partial charge in [0.05, 0.1) is 0 Å². The first-order chi connectivity index (χ1) is 8.76. The molecule has 1 saturated carbocycles. The van der Waals surface area contributed by atoms with E-state index in [0.29, 0.717) is 32.2 Å². The van der Waals surface area contributed by atoms with Crippen LogP contribution in [0.2, 0.25) is 0 Å². The third-order valence-electron chi connectivity index (χ3n) is 4.95. The van der Waals surface area contributed by atoms with Crippen LogP contribution in [0.1, 0.15) is 44.9 Å². The maximum Gasteiger partial charge on any atom is 0.303 e. The van der Waals surface area contributed by atoms with E-state index in [1.807, 2.05) is 0 Å². The smallest absolute Gasteiger partial charge is 0.303 e. The van der Waals surface area contributed by atoms with Gasteiger partial charge in [-0.25, -0.2) is 8.78 Å². The Balaban J connectivity index is 1.78. The topological polar surface area (TPSA) is 57.6 Å². The molecule has 1 unspecified atom stereocenters. The maximum atomic E-state index is 13.1. The molecular weight excluding hydrogens is 256 g/mol. The lowest BCUT2D eigenvalue weighted by atomic mass is 9.62. The van der Waals surface area contributed by atoms with Crippen LogP contribution in [0.4, 0.5) is 8.78 Å². The van der Waals surface area contributed by atoms with E-state index in [4.69, 9.17) is 5.11 Å². The standard InChI is InChI=1S/C13H17F2NO3/c14-13(15)6-11(7-13)5-12(4-2-10(18)19)3-1-9(17)16(12)8-11/h1-8H2,(H,18,19). The molecule has 1 amide bonds. The van der Waals surface area contributed by atoms with Crippen LogP contribution in [0.15, 0.2) is 0 Å². The number of carbonyl (C=O) groups is 2. The molecule has 1 N–H and O–H groups in total. The summed E-state index contributed by atoms with van der Waals surface area (Å²) in [5.74, 6) is -3.50. The fourth-order valence-corrected chi connectivity index (χ4v) is 4.37. The van der Waals surface area contributed by atoms with Crippen molar-refractivity contribution in [3.05, 3.63) is 0 Å². The van der Waals surface area contributed by atoms with Crippen molar-refractivity contribution < 1.29 is 23.5 Å². The van der Waals surface area contributed by atoms with Crippen molar-refractivity contribution >= 4 is 11.9 Å². The number of carboxylic acids is 1. The van der Waals surface area contributed by atoms with Gasteiger partial charge < -0.3 is 10.0 Å².